The fourth-order valence-corrected chi connectivity index (χ4v) is 2.78. The summed E-state index contributed by atoms with van der Waals surface area (Å²) in [6.45, 7) is 5.39. The normalized spacial score (nSPS) is 18.5. The SMILES string of the molecule is C1=C[C@H](N2c3ccccc3Oc3ccccc32)COC1.CC. The fraction of sp³-hybridized carbons (Fsp3) is 0.263. The van der Waals surface area contributed by atoms with Crippen molar-refractivity contribution in [1.29, 1.82) is 0 Å². The van der Waals surface area contributed by atoms with Crippen molar-refractivity contribution in [1.82, 2.24) is 0 Å². The Morgan fingerprint density at radius 1 is 0.909 bits per heavy atom. The maximum Gasteiger partial charge on any atom is 0.151 e. The summed E-state index contributed by atoms with van der Waals surface area (Å²) in [4.78, 5) is 2.30. The van der Waals surface area contributed by atoms with Gasteiger partial charge in [0.2, 0.25) is 0 Å². The van der Waals surface area contributed by atoms with Gasteiger partial charge in [-0.3, -0.25) is 0 Å². The molecular formula is C19H21NO2. The summed E-state index contributed by atoms with van der Waals surface area (Å²) in [7, 11) is 0. The Morgan fingerprint density at radius 3 is 2.05 bits per heavy atom. The number of rotatable bonds is 1. The van der Waals surface area contributed by atoms with Gasteiger partial charge in [-0.05, 0) is 24.3 Å². The first-order chi connectivity index (χ1) is 10.9. The van der Waals surface area contributed by atoms with Crippen molar-refractivity contribution in [3.63, 3.8) is 0 Å². The van der Waals surface area contributed by atoms with Gasteiger partial charge < -0.3 is 14.4 Å². The summed E-state index contributed by atoms with van der Waals surface area (Å²) < 4.78 is 11.6. The average molecular weight is 295 g/mol. The molecule has 22 heavy (non-hydrogen) atoms. The highest BCUT2D eigenvalue weighted by Crippen LogP contribution is 2.47. The van der Waals surface area contributed by atoms with E-state index in [0.717, 1.165) is 22.9 Å². The lowest BCUT2D eigenvalue weighted by molar-refractivity contribution is 0.146. The highest BCUT2D eigenvalue weighted by Gasteiger charge is 2.29. The summed E-state index contributed by atoms with van der Waals surface area (Å²) >= 11 is 0. The van der Waals surface area contributed by atoms with Gasteiger partial charge in [-0.1, -0.05) is 50.3 Å². The van der Waals surface area contributed by atoms with Crippen LogP contribution in [0.1, 0.15) is 13.8 Å². The molecule has 0 saturated carbocycles. The van der Waals surface area contributed by atoms with E-state index in [-0.39, 0.29) is 6.04 Å². The number of anilines is 2. The van der Waals surface area contributed by atoms with Crippen LogP contribution in [0.3, 0.4) is 0 Å². The van der Waals surface area contributed by atoms with E-state index in [0.29, 0.717) is 13.2 Å². The lowest BCUT2D eigenvalue weighted by atomic mass is 10.1. The van der Waals surface area contributed by atoms with Crippen molar-refractivity contribution in [2.24, 2.45) is 0 Å². The molecule has 2 aromatic rings. The largest absolute Gasteiger partial charge is 0.453 e. The molecule has 0 N–H and O–H groups in total. The van der Waals surface area contributed by atoms with Crippen LogP contribution in [0.15, 0.2) is 60.7 Å². The molecule has 3 heteroatoms. The third kappa shape index (κ3) is 2.60. The molecule has 0 fully saturated rings. The van der Waals surface area contributed by atoms with Crippen LogP contribution in [0.25, 0.3) is 0 Å². The van der Waals surface area contributed by atoms with E-state index < -0.39 is 0 Å². The van der Waals surface area contributed by atoms with Gasteiger partial charge in [0.15, 0.2) is 11.5 Å². The first-order valence-electron chi connectivity index (χ1n) is 7.83. The van der Waals surface area contributed by atoms with Crippen LogP contribution in [0, 0.1) is 0 Å². The van der Waals surface area contributed by atoms with E-state index in [1.165, 1.54) is 0 Å². The molecule has 0 amide bonds. The van der Waals surface area contributed by atoms with Crippen LogP contribution in [0.5, 0.6) is 11.5 Å². The molecule has 2 aliphatic heterocycles. The van der Waals surface area contributed by atoms with E-state index in [4.69, 9.17) is 9.47 Å². The number of hydrogen-bond acceptors (Lipinski definition) is 3. The smallest absolute Gasteiger partial charge is 0.151 e. The van der Waals surface area contributed by atoms with Gasteiger partial charge in [0.25, 0.3) is 0 Å². The molecule has 3 nitrogen and oxygen atoms in total. The molecule has 2 aromatic carbocycles. The second-order valence-electron chi connectivity index (χ2n) is 4.94. The van der Waals surface area contributed by atoms with E-state index >= 15 is 0 Å². The van der Waals surface area contributed by atoms with Crippen molar-refractivity contribution >= 4 is 11.4 Å². The Balaban J connectivity index is 0.000000693. The zero-order chi connectivity index (χ0) is 15.4. The molecule has 0 radical (unpaired) electrons. The van der Waals surface area contributed by atoms with Gasteiger partial charge in [-0.2, -0.15) is 0 Å². The molecule has 0 spiro atoms. The molecule has 1 atom stereocenters. The van der Waals surface area contributed by atoms with Gasteiger partial charge in [-0.15, -0.1) is 0 Å². The second-order valence-corrected chi connectivity index (χ2v) is 4.94. The topological polar surface area (TPSA) is 21.7 Å². The van der Waals surface area contributed by atoms with Gasteiger partial charge in [0.1, 0.15) is 0 Å². The van der Waals surface area contributed by atoms with Gasteiger partial charge in [0, 0.05) is 0 Å². The summed E-state index contributed by atoms with van der Waals surface area (Å²) in [6.07, 6.45) is 4.29. The maximum absolute atomic E-state index is 5.99. The van der Waals surface area contributed by atoms with Crippen LogP contribution >= 0.6 is 0 Å². The highest BCUT2D eigenvalue weighted by molar-refractivity contribution is 5.78. The third-order valence-corrected chi connectivity index (χ3v) is 3.66. The first kappa shape index (κ1) is 14.7. The number of nitrogens with zero attached hydrogens (tertiary/aromatic N) is 1. The number of benzene rings is 2. The van der Waals surface area contributed by atoms with Crippen LogP contribution in [0.2, 0.25) is 0 Å². The standard InChI is InChI=1S/C17H15NO2.C2H6/c1-3-9-16-14(7-1)18(13-6-5-11-19-12-13)15-8-2-4-10-17(15)20-16;1-2/h1-10,13H,11-12H2;1-2H3/t13-;/m0./s1. The number of para-hydroxylation sites is 4. The van der Waals surface area contributed by atoms with Gasteiger partial charge >= 0.3 is 0 Å². The Kier molecular flexibility index (Phi) is 4.45. The van der Waals surface area contributed by atoms with Crippen LogP contribution < -0.4 is 9.64 Å². The minimum atomic E-state index is 0.204. The zero-order valence-corrected chi connectivity index (χ0v) is 13.0. The molecule has 0 aliphatic carbocycles. The molecule has 0 aromatic heterocycles. The minimum absolute atomic E-state index is 0.204. The first-order valence-corrected chi connectivity index (χ1v) is 7.83. The quantitative estimate of drug-likeness (QED) is 0.698. The third-order valence-electron chi connectivity index (χ3n) is 3.66. The minimum Gasteiger partial charge on any atom is -0.453 e. The fourth-order valence-electron chi connectivity index (χ4n) is 2.78. The second kappa shape index (κ2) is 6.67. The van der Waals surface area contributed by atoms with E-state index in [2.05, 4.69) is 29.2 Å². The maximum atomic E-state index is 5.99. The van der Waals surface area contributed by atoms with Crippen LogP contribution in [-0.4, -0.2) is 19.3 Å². The van der Waals surface area contributed by atoms with Crippen molar-refractivity contribution < 1.29 is 9.47 Å². The van der Waals surface area contributed by atoms with Crippen molar-refractivity contribution in [2.75, 3.05) is 18.1 Å². The Bertz CT molecular complexity index is 620. The van der Waals surface area contributed by atoms with Crippen LogP contribution in [0.4, 0.5) is 11.4 Å². The number of ether oxygens (including phenoxy) is 2. The lowest BCUT2D eigenvalue weighted by Crippen LogP contribution is -2.37. The van der Waals surface area contributed by atoms with E-state index in [9.17, 15) is 0 Å². The Hall–Kier alpha value is -2.26. The van der Waals surface area contributed by atoms with Crippen molar-refractivity contribution in [2.45, 2.75) is 19.9 Å². The van der Waals surface area contributed by atoms with Gasteiger partial charge in [0.05, 0.1) is 30.6 Å². The predicted molar refractivity (Wildman–Crippen MR) is 90.2 cm³/mol. The molecule has 0 saturated heterocycles. The summed E-state index contributed by atoms with van der Waals surface area (Å²) in [5, 5.41) is 0. The van der Waals surface area contributed by atoms with E-state index in [1.807, 2.05) is 50.2 Å². The Labute approximate surface area is 131 Å². The number of hydrogen-bond donors (Lipinski definition) is 0. The number of fused-ring (bicyclic) bond motifs is 2. The van der Waals surface area contributed by atoms with Crippen molar-refractivity contribution in [3.8, 4) is 11.5 Å². The highest BCUT2D eigenvalue weighted by atomic mass is 16.5. The lowest BCUT2D eigenvalue weighted by Gasteiger charge is -2.38. The summed E-state index contributed by atoms with van der Waals surface area (Å²) in [5.74, 6) is 1.79. The predicted octanol–water partition coefficient (Wildman–Crippen LogP) is 4.91. The molecule has 2 heterocycles. The molecule has 4 rings (SSSR count). The van der Waals surface area contributed by atoms with Crippen LogP contribution in [-0.2, 0) is 4.74 Å². The summed E-state index contributed by atoms with van der Waals surface area (Å²) in [5.41, 5.74) is 2.18. The average Bonchev–Trinajstić information content (AvgIpc) is 2.62. The van der Waals surface area contributed by atoms with Crippen molar-refractivity contribution in [3.05, 3.63) is 60.7 Å². The Morgan fingerprint density at radius 2 is 1.50 bits per heavy atom. The molecule has 2 aliphatic rings. The molecule has 0 bridgehead atoms. The monoisotopic (exact) mass is 295 g/mol. The molecule has 114 valence electrons. The molecular weight excluding hydrogens is 274 g/mol. The van der Waals surface area contributed by atoms with Gasteiger partial charge in [-0.25, -0.2) is 0 Å². The summed E-state index contributed by atoms with van der Waals surface area (Å²) in [6, 6.07) is 16.5. The molecule has 0 unspecified atom stereocenters. The van der Waals surface area contributed by atoms with E-state index in [1.54, 1.807) is 0 Å². The zero-order valence-electron chi connectivity index (χ0n) is 13.0.